The van der Waals surface area contributed by atoms with Gasteiger partial charge < -0.3 is 10.6 Å². The third kappa shape index (κ3) is 4.42. The Morgan fingerprint density at radius 1 is 0.852 bits per heavy atom. The number of hydrogen-bond donors (Lipinski definition) is 2. The summed E-state index contributed by atoms with van der Waals surface area (Å²) in [4.78, 5) is 44.4. The Labute approximate surface area is 152 Å². The molecular weight excluding hydrogens is 356 g/mol. The third-order valence-electron chi connectivity index (χ3n) is 3.90. The highest BCUT2D eigenvalue weighted by Crippen LogP contribution is 2.24. The van der Waals surface area contributed by atoms with Crippen LogP contribution in [0.15, 0.2) is 42.5 Å². The maximum absolute atomic E-state index is 12.3. The van der Waals surface area contributed by atoms with E-state index < -0.39 is 27.1 Å². The number of non-ortho nitro benzene ring substituents is 2. The first kappa shape index (κ1) is 18.0. The molecule has 0 heterocycles. The van der Waals surface area contributed by atoms with Gasteiger partial charge in [-0.3, -0.25) is 29.8 Å². The molecule has 0 radical (unpaired) electrons. The minimum atomic E-state index is -0.808. The number of nitro benzene ring substituents is 2. The standard InChI is InChI=1S/C17H14N4O6/c22-16(18-13-5-6-13)10-1-3-12(4-2-10)19-17(23)11-7-14(20(24)25)9-15(8-11)21(26)27/h1-4,7-9,13H,5-6H2,(H,18,22)(H,19,23). The van der Waals surface area contributed by atoms with Crippen LogP contribution in [0.25, 0.3) is 0 Å². The molecule has 0 bridgehead atoms. The van der Waals surface area contributed by atoms with E-state index in [-0.39, 0.29) is 17.5 Å². The summed E-state index contributed by atoms with van der Waals surface area (Å²) in [5, 5.41) is 27.1. The monoisotopic (exact) mass is 370 g/mol. The molecule has 0 aliphatic heterocycles. The zero-order chi connectivity index (χ0) is 19.6. The minimum absolute atomic E-state index is 0.204. The van der Waals surface area contributed by atoms with Crippen LogP contribution < -0.4 is 10.6 Å². The van der Waals surface area contributed by atoms with Crippen LogP contribution in [0.5, 0.6) is 0 Å². The van der Waals surface area contributed by atoms with Gasteiger partial charge >= 0.3 is 0 Å². The topological polar surface area (TPSA) is 144 Å². The van der Waals surface area contributed by atoms with Crippen LogP contribution >= 0.6 is 0 Å². The lowest BCUT2D eigenvalue weighted by Gasteiger charge is -2.07. The zero-order valence-corrected chi connectivity index (χ0v) is 13.9. The van der Waals surface area contributed by atoms with Crippen molar-refractivity contribution >= 4 is 28.9 Å². The van der Waals surface area contributed by atoms with Crippen LogP contribution in [-0.2, 0) is 0 Å². The molecule has 0 saturated heterocycles. The van der Waals surface area contributed by atoms with E-state index in [2.05, 4.69) is 10.6 Å². The molecule has 1 aliphatic carbocycles. The maximum Gasteiger partial charge on any atom is 0.277 e. The van der Waals surface area contributed by atoms with Crippen molar-refractivity contribution in [2.24, 2.45) is 0 Å². The number of amides is 2. The van der Waals surface area contributed by atoms with Crippen LogP contribution in [0.1, 0.15) is 33.6 Å². The highest BCUT2D eigenvalue weighted by atomic mass is 16.6. The molecule has 2 aromatic rings. The lowest BCUT2D eigenvalue weighted by Crippen LogP contribution is -2.25. The van der Waals surface area contributed by atoms with Gasteiger partial charge in [0.05, 0.1) is 21.5 Å². The summed E-state index contributed by atoms with van der Waals surface area (Å²) >= 11 is 0. The van der Waals surface area contributed by atoms with Gasteiger partial charge in [0.1, 0.15) is 0 Å². The second-order valence-electron chi connectivity index (χ2n) is 6.03. The molecule has 0 spiro atoms. The number of anilines is 1. The molecule has 2 N–H and O–H groups in total. The molecule has 2 aromatic carbocycles. The van der Waals surface area contributed by atoms with E-state index in [0.29, 0.717) is 11.3 Å². The number of carbonyl (C=O) groups is 2. The number of benzene rings is 2. The Kier molecular flexibility index (Phi) is 4.79. The van der Waals surface area contributed by atoms with E-state index in [0.717, 1.165) is 31.0 Å². The Morgan fingerprint density at radius 2 is 1.41 bits per heavy atom. The second-order valence-corrected chi connectivity index (χ2v) is 6.03. The van der Waals surface area contributed by atoms with Crippen molar-refractivity contribution in [2.45, 2.75) is 18.9 Å². The Balaban J connectivity index is 1.75. The van der Waals surface area contributed by atoms with E-state index in [1.807, 2.05) is 0 Å². The first-order valence-electron chi connectivity index (χ1n) is 7.99. The van der Waals surface area contributed by atoms with E-state index >= 15 is 0 Å². The summed E-state index contributed by atoms with van der Waals surface area (Å²) < 4.78 is 0. The van der Waals surface area contributed by atoms with Crippen molar-refractivity contribution in [3.8, 4) is 0 Å². The number of rotatable bonds is 6. The number of carbonyl (C=O) groups excluding carboxylic acids is 2. The second kappa shape index (κ2) is 7.20. The predicted molar refractivity (Wildman–Crippen MR) is 94.6 cm³/mol. The molecule has 0 aromatic heterocycles. The molecule has 1 saturated carbocycles. The molecule has 138 valence electrons. The Morgan fingerprint density at radius 3 is 1.89 bits per heavy atom. The van der Waals surface area contributed by atoms with E-state index in [4.69, 9.17) is 0 Å². The fourth-order valence-corrected chi connectivity index (χ4v) is 2.34. The average Bonchev–Trinajstić information content (AvgIpc) is 3.45. The van der Waals surface area contributed by atoms with Gasteiger partial charge in [-0.2, -0.15) is 0 Å². The van der Waals surface area contributed by atoms with Gasteiger partial charge in [-0.15, -0.1) is 0 Å². The molecule has 0 atom stereocenters. The molecule has 10 nitrogen and oxygen atoms in total. The minimum Gasteiger partial charge on any atom is -0.349 e. The van der Waals surface area contributed by atoms with Gasteiger partial charge in [0.15, 0.2) is 0 Å². The first-order chi connectivity index (χ1) is 12.8. The molecule has 27 heavy (non-hydrogen) atoms. The smallest absolute Gasteiger partial charge is 0.277 e. The van der Waals surface area contributed by atoms with Crippen LogP contribution in [-0.4, -0.2) is 27.7 Å². The van der Waals surface area contributed by atoms with Crippen LogP contribution in [0.3, 0.4) is 0 Å². The average molecular weight is 370 g/mol. The molecule has 1 fully saturated rings. The van der Waals surface area contributed by atoms with Crippen molar-refractivity contribution < 1.29 is 19.4 Å². The summed E-state index contributed by atoms with van der Waals surface area (Å²) in [6.45, 7) is 0. The summed E-state index contributed by atoms with van der Waals surface area (Å²) in [7, 11) is 0. The summed E-state index contributed by atoms with van der Waals surface area (Å²) in [5.74, 6) is -0.943. The molecule has 3 rings (SSSR count). The molecule has 2 amide bonds. The SMILES string of the molecule is O=C(Nc1ccc(C(=O)NC2CC2)cc1)c1cc([N+](=O)[O-])cc([N+](=O)[O-])c1. The maximum atomic E-state index is 12.3. The van der Waals surface area contributed by atoms with Crippen molar-refractivity contribution in [1.82, 2.24) is 5.32 Å². The number of nitro groups is 2. The largest absolute Gasteiger partial charge is 0.349 e. The van der Waals surface area contributed by atoms with Crippen molar-refractivity contribution in [1.29, 1.82) is 0 Å². The highest BCUT2D eigenvalue weighted by molar-refractivity contribution is 6.05. The normalized spacial score (nSPS) is 12.9. The highest BCUT2D eigenvalue weighted by Gasteiger charge is 2.24. The van der Waals surface area contributed by atoms with Crippen LogP contribution in [0, 0.1) is 20.2 Å². The van der Waals surface area contributed by atoms with Crippen LogP contribution in [0.4, 0.5) is 17.1 Å². The fourth-order valence-electron chi connectivity index (χ4n) is 2.34. The van der Waals surface area contributed by atoms with E-state index in [9.17, 15) is 29.8 Å². The fraction of sp³-hybridized carbons (Fsp3) is 0.176. The van der Waals surface area contributed by atoms with Gasteiger partial charge in [-0.05, 0) is 37.1 Å². The van der Waals surface area contributed by atoms with E-state index in [1.54, 1.807) is 0 Å². The third-order valence-corrected chi connectivity index (χ3v) is 3.90. The van der Waals surface area contributed by atoms with Gasteiger partial charge in [-0.1, -0.05) is 0 Å². The Bertz CT molecular complexity index is 905. The summed E-state index contributed by atoms with van der Waals surface area (Å²) in [5.41, 5.74) is -0.544. The zero-order valence-electron chi connectivity index (χ0n) is 13.9. The molecule has 0 unspecified atom stereocenters. The van der Waals surface area contributed by atoms with E-state index in [1.165, 1.54) is 24.3 Å². The molecular formula is C17H14N4O6. The summed E-state index contributed by atoms with van der Waals surface area (Å²) in [6.07, 6.45) is 1.93. The van der Waals surface area contributed by atoms with Gasteiger partial charge in [0, 0.05) is 29.4 Å². The van der Waals surface area contributed by atoms with Crippen molar-refractivity contribution in [3.05, 3.63) is 73.8 Å². The molecule has 10 heteroatoms. The number of nitrogens with one attached hydrogen (secondary N) is 2. The number of hydrogen-bond acceptors (Lipinski definition) is 6. The quantitative estimate of drug-likeness (QED) is 0.591. The first-order valence-corrected chi connectivity index (χ1v) is 7.99. The lowest BCUT2D eigenvalue weighted by molar-refractivity contribution is -0.394. The Hall–Kier alpha value is -3.82. The number of nitrogens with zero attached hydrogens (tertiary/aromatic N) is 2. The van der Waals surface area contributed by atoms with Crippen LogP contribution in [0.2, 0.25) is 0 Å². The predicted octanol–water partition coefficient (Wildman–Crippen LogP) is 2.65. The van der Waals surface area contributed by atoms with Crippen molar-refractivity contribution in [3.63, 3.8) is 0 Å². The molecule has 1 aliphatic rings. The van der Waals surface area contributed by atoms with Gasteiger partial charge in [0.2, 0.25) is 0 Å². The summed E-state index contributed by atoms with van der Waals surface area (Å²) in [6, 6.07) is 8.99. The van der Waals surface area contributed by atoms with Gasteiger partial charge in [0.25, 0.3) is 23.2 Å². The lowest BCUT2D eigenvalue weighted by atomic mass is 10.1. The van der Waals surface area contributed by atoms with Crippen molar-refractivity contribution in [2.75, 3.05) is 5.32 Å². The van der Waals surface area contributed by atoms with Gasteiger partial charge in [-0.25, -0.2) is 0 Å².